The van der Waals surface area contributed by atoms with Crippen molar-refractivity contribution in [3.8, 4) is 11.5 Å². The van der Waals surface area contributed by atoms with Crippen LogP contribution in [0.1, 0.15) is 130 Å². The Bertz CT molecular complexity index is 978. The molecule has 1 saturated heterocycles. The van der Waals surface area contributed by atoms with Gasteiger partial charge in [0.05, 0.1) is 0 Å². The molecule has 1 heterocycles. The van der Waals surface area contributed by atoms with Crippen LogP contribution >= 0.6 is 17.2 Å². The highest BCUT2D eigenvalue weighted by Crippen LogP contribution is 2.72. The van der Waals surface area contributed by atoms with Gasteiger partial charge < -0.3 is 9.05 Å². The average Bonchev–Trinajstić information content (AvgIpc) is 2.74. The Labute approximate surface area is 235 Å². The molecule has 1 aliphatic rings. The molecule has 0 aliphatic carbocycles. The zero-order chi connectivity index (χ0) is 28.8. The van der Waals surface area contributed by atoms with E-state index >= 15 is 0 Å². The number of rotatable bonds is 6. The summed E-state index contributed by atoms with van der Waals surface area (Å²) >= 11 is 0. The molecule has 0 unspecified atom stereocenters. The number of hydrogen-bond acceptors (Lipinski definition) is 4. The predicted octanol–water partition coefficient (Wildman–Crippen LogP) is 11.0. The highest BCUT2D eigenvalue weighted by Gasteiger charge is 2.44. The van der Waals surface area contributed by atoms with E-state index in [9.17, 15) is 0 Å². The Morgan fingerprint density at radius 2 is 0.737 bits per heavy atom. The first kappa shape index (κ1) is 31.3. The maximum atomic E-state index is 6.52. The lowest BCUT2D eigenvalue weighted by Crippen LogP contribution is -2.22. The van der Waals surface area contributed by atoms with E-state index in [1.807, 2.05) is 0 Å². The van der Waals surface area contributed by atoms with Crippen molar-refractivity contribution in [2.75, 3.05) is 0 Å². The van der Waals surface area contributed by atoms with E-state index in [1.54, 1.807) is 0 Å². The third kappa shape index (κ3) is 7.11. The summed E-state index contributed by atoms with van der Waals surface area (Å²) in [4.78, 5) is 0. The molecular weight excluding hydrogens is 510 g/mol. The number of aryl methyl sites for hydroxylation is 2. The Kier molecular flexibility index (Phi) is 9.08. The number of hydrogen-bond donors (Lipinski definition) is 0. The molecule has 2 aromatic rings. The van der Waals surface area contributed by atoms with Crippen LogP contribution in [0.15, 0.2) is 24.3 Å². The molecule has 1 fully saturated rings. The summed E-state index contributed by atoms with van der Waals surface area (Å²) in [7, 11) is -3.06. The Morgan fingerprint density at radius 1 is 0.500 bits per heavy atom. The van der Waals surface area contributed by atoms with E-state index in [0.717, 1.165) is 24.3 Å². The van der Waals surface area contributed by atoms with Crippen LogP contribution in [0.5, 0.6) is 11.5 Å². The standard InChI is InChI=1S/C32H50O4P2/c1-15-21-17-23(29(3,4)5)27(24(18-21)30(6,7)8)33-37-35-38(36-37)34-28-25(31(9,10)11)19-22(16-2)20-26(28)32(12,13)14/h17-20H,15-16H2,1-14H3. The van der Waals surface area contributed by atoms with Crippen LogP contribution in [0.4, 0.5) is 0 Å². The second-order valence-electron chi connectivity index (χ2n) is 14.5. The Balaban J connectivity index is 1.92. The van der Waals surface area contributed by atoms with Crippen molar-refractivity contribution in [2.45, 2.75) is 131 Å². The van der Waals surface area contributed by atoms with Crippen molar-refractivity contribution >= 4 is 17.2 Å². The van der Waals surface area contributed by atoms with Crippen LogP contribution in [0.3, 0.4) is 0 Å². The third-order valence-corrected chi connectivity index (χ3v) is 9.74. The molecule has 4 nitrogen and oxygen atoms in total. The first-order valence-electron chi connectivity index (χ1n) is 13.9. The minimum Gasteiger partial charge on any atom is -0.426 e. The normalized spacial score (nSPS) is 18.8. The van der Waals surface area contributed by atoms with E-state index in [4.69, 9.17) is 17.7 Å². The Hall–Kier alpha value is -1.18. The van der Waals surface area contributed by atoms with Crippen molar-refractivity contribution in [1.29, 1.82) is 0 Å². The predicted molar refractivity (Wildman–Crippen MR) is 164 cm³/mol. The fraction of sp³-hybridized carbons (Fsp3) is 0.625. The Morgan fingerprint density at radius 3 is 0.921 bits per heavy atom. The van der Waals surface area contributed by atoms with Gasteiger partial charge >= 0.3 is 17.2 Å². The van der Waals surface area contributed by atoms with E-state index in [-0.39, 0.29) is 21.7 Å². The smallest absolute Gasteiger partial charge is 0.413 e. The second-order valence-corrected chi connectivity index (χ2v) is 17.1. The molecule has 0 radical (unpaired) electrons. The van der Waals surface area contributed by atoms with Crippen molar-refractivity contribution in [2.24, 2.45) is 0 Å². The molecule has 1 aliphatic heterocycles. The highest BCUT2D eigenvalue weighted by molar-refractivity contribution is 7.69. The van der Waals surface area contributed by atoms with Crippen molar-refractivity contribution < 1.29 is 17.7 Å². The SMILES string of the molecule is CCc1cc(C(C)(C)C)c(OP2OP(Oc3c(C(C)(C)C)cc(CC)cc3C(C)(C)C)O2)c(C(C)(C)C)c1. The van der Waals surface area contributed by atoms with Crippen molar-refractivity contribution in [1.82, 2.24) is 0 Å². The zero-order valence-corrected chi connectivity index (χ0v) is 28.0. The van der Waals surface area contributed by atoms with Gasteiger partial charge in [0.15, 0.2) is 0 Å². The van der Waals surface area contributed by atoms with Crippen LogP contribution in [-0.2, 0) is 43.1 Å². The van der Waals surface area contributed by atoms with E-state index in [0.29, 0.717) is 0 Å². The summed E-state index contributed by atoms with van der Waals surface area (Å²) in [6, 6.07) is 9.11. The van der Waals surface area contributed by atoms with Crippen LogP contribution in [0, 0.1) is 0 Å². The number of benzene rings is 2. The van der Waals surface area contributed by atoms with Crippen LogP contribution in [-0.4, -0.2) is 0 Å². The van der Waals surface area contributed by atoms with E-state index in [1.165, 1.54) is 33.4 Å². The van der Waals surface area contributed by atoms with Gasteiger partial charge in [-0.1, -0.05) is 121 Å². The zero-order valence-electron chi connectivity index (χ0n) is 26.3. The molecule has 0 aromatic heterocycles. The van der Waals surface area contributed by atoms with Gasteiger partial charge in [-0.3, -0.25) is 0 Å². The summed E-state index contributed by atoms with van der Waals surface area (Å²) in [5, 5.41) is 0. The maximum absolute atomic E-state index is 6.52. The monoisotopic (exact) mass is 560 g/mol. The van der Waals surface area contributed by atoms with Gasteiger partial charge in [-0.2, -0.15) is 0 Å². The van der Waals surface area contributed by atoms with Crippen molar-refractivity contribution in [3.63, 3.8) is 0 Å². The molecule has 212 valence electrons. The molecule has 3 rings (SSSR count). The fourth-order valence-electron chi connectivity index (χ4n) is 4.54. The fourth-order valence-corrected chi connectivity index (χ4v) is 6.69. The minimum absolute atomic E-state index is 0.0772. The lowest BCUT2D eigenvalue weighted by atomic mass is 9.78. The van der Waals surface area contributed by atoms with E-state index < -0.39 is 17.2 Å². The average molecular weight is 561 g/mol. The molecule has 0 amide bonds. The highest BCUT2D eigenvalue weighted by atomic mass is 31.3. The van der Waals surface area contributed by atoms with Gasteiger partial charge in [0.25, 0.3) is 0 Å². The molecule has 0 bridgehead atoms. The van der Waals surface area contributed by atoms with Crippen LogP contribution < -0.4 is 9.05 Å². The minimum atomic E-state index is -1.53. The van der Waals surface area contributed by atoms with Gasteiger partial charge in [0, 0.05) is 22.3 Å². The molecule has 38 heavy (non-hydrogen) atoms. The maximum Gasteiger partial charge on any atom is 0.413 e. The molecule has 0 atom stereocenters. The van der Waals surface area contributed by atoms with Gasteiger partial charge in [-0.25, -0.2) is 8.62 Å². The topological polar surface area (TPSA) is 36.9 Å². The molecule has 0 saturated carbocycles. The summed E-state index contributed by atoms with van der Waals surface area (Å²) in [6.45, 7) is 31.2. The molecule has 2 aromatic carbocycles. The van der Waals surface area contributed by atoms with Gasteiger partial charge in [0.1, 0.15) is 11.5 Å². The first-order valence-corrected chi connectivity index (χ1v) is 16.1. The summed E-state index contributed by atoms with van der Waals surface area (Å²) in [6.07, 6.45) is 1.97. The lowest BCUT2D eigenvalue weighted by Gasteiger charge is -2.37. The summed E-state index contributed by atoms with van der Waals surface area (Å²) in [5.74, 6) is 1.78. The van der Waals surface area contributed by atoms with Gasteiger partial charge in [0.2, 0.25) is 0 Å². The van der Waals surface area contributed by atoms with Crippen LogP contribution in [0.2, 0.25) is 0 Å². The largest absolute Gasteiger partial charge is 0.426 e. The first-order chi connectivity index (χ1) is 17.3. The third-order valence-electron chi connectivity index (χ3n) is 6.94. The molecule has 6 heteroatoms. The molecule has 0 N–H and O–H groups in total. The summed E-state index contributed by atoms with van der Waals surface area (Å²) < 4.78 is 25.4. The quantitative estimate of drug-likeness (QED) is 0.329. The lowest BCUT2D eigenvalue weighted by molar-refractivity contribution is 0.270. The van der Waals surface area contributed by atoms with Crippen molar-refractivity contribution in [3.05, 3.63) is 57.6 Å². The molecule has 0 spiro atoms. The van der Waals surface area contributed by atoms with E-state index in [2.05, 4.69) is 121 Å². The second kappa shape index (κ2) is 11.0. The van der Waals surface area contributed by atoms with Gasteiger partial charge in [-0.05, 0) is 45.6 Å². The summed E-state index contributed by atoms with van der Waals surface area (Å²) in [5.41, 5.74) is 7.09. The van der Waals surface area contributed by atoms with Crippen LogP contribution in [0.25, 0.3) is 0 Å². The molecular formula is C32H50O4P2. The van der Waals surface area contributed by atoms with Gasteiger partial charge in [-0.15, -0.1) is 0 Å².